The van der Waals surface area contributed by atoms with E-state index in [0.717, 1.165) is 29.5 Å². The van der Waals surface area contributed by atoms with Gasteiger partial charge in [0.15, 0.2) is 0 Å². The molecule has 0 aliphatic rings. The Morgan fingerprint density at radius 1 is 1.45 bits per heavy atom. The highest BCUT2D eigenvalue weighted by Gasteiger charge is 2.19. The number of hydrogen-bond acceptors (Lipinski definition) is 2. The molecule has 0 saturated carbocycles. The molecule has 0 saturated heterocycles. The van der Waals surface area contributed by atoms with Crippen molar-refractivity contribution in [2.75, 3.05) is 13.6 Å². The van der Waals surface area contributed by atoms with Crippen LogP contribution in [0.4, 0.5) is 0 Å². The summed E-state index contributed by atoms with van der Waals surface area (Å²) in [6, 6.07) is 5.90. The van der Waals surface area contributed by atoms with E-state index < -0.39 is 0 Å². The van der Waals surface area contributed by atoms with Gasteiger partial charge in [-0.3, -0.25) is 4.79 Å². The van der Waals surface area contributed by atoms with Gasteiger partial charge in [-0.15, -0.1) is 0 Å². The van der Waals surface area contributed by atoms with Gasteiger partial charge >= 0.3 is 0 Å². The maximum Gasteiger partial charge on any atom is 0.254 e. The third-order valence-corrected chi connectivity index (χ3v) is 3.58. The van der Waals surface area contributed by atoms with Crippen LogP contribution >= 0.6 is 0 Å². The van der Waals surface area contributed by atoms with Crippen molar-refractivity contribution >= 4 is 5.91 Å². The molecular weight excluding hydrogens is 248 g/mol. The molecule has 1 amide bonds. The van der Waals surface area contributed by atoms with Gasteiger partial charge in [-0.25, -0.2) is 0 Å². The van der Waals surface area contributed by atoms with Gasteiger partial charge < -0.3 is 10.6 Å². The van der Waals surface area contributed by atoms with Crippen LogP contribution in [0.3, 0.4) is 0 Å². The van der Waals surface area contributed by atoms with Gasteiger partial charge in [0.1, 0.15) is 0 Å². The quantitative estimate of drug-likeness (QED) is 0.856. The SMILES string of the molecule is CCCC(C)N(C)C(=O)c1cccc(C#CCN)c1C. The summed E-state index contributed by atoms with van der Waals surface area (Å²) in [5.41, 5.74) is 7.92. The van der Waals surface area contributed by atoms with E-state index in [4.69, 9.17) is 5.73 Å². The van der Waals surface area contributed by atoms with Gasteiger partial charge in [0.2, 0.25) is 0 Å². The molecule has 0 aromatic heterocycles. The fourth-order valence-corrected chi connectivity index (χ4v) is 2.15. The van der Waals surface area contributed by atoms with Gasteiger partial charge in [0.05, 0.1) is 6.54 Å². The first-order valence-corrected chi connectivity index (χ1v) is 7.08. The fraction of sp³-hybridized carbons (Fsp3) is 0.471. The molecule has 108 valence electrons. The van der Waals surface area contributed by atoms with E-state index in [1.807, 2.05) is 37.1 Å². The molecule has 1 unspecified atom stereocenters. The summed E-state index contributed by atoms with van der Waals surface area (Å²) in [7, 11) is 1.86. The smallest absolute Gasteiger partial charge is 0.254 e. The zero-order valence-corrected chi connectivity index (χ0v) is 12.9. The Kier molecular flexibility index (Phi) is 6.27. The zero-order chi connectivity index (χ0) is 15.1. The van der Waals surface area contributed by atoms with Crippen LogP contribution in [0.1, 0.15) is 48.2 Å². The number of carbonyl (C=O) groups is 1. The zero-order valence-electron chi connectivity index (χ0n) is 12.9. The van der Waals surface area contributed by atoms with Gasteiger partial charge in [-0.2, -0.15) is 0 Å². The van der Waals surface area contributed by atoms with Crippen LogP contribution < -0.4 is 5.73 Å². The highest BCUT2D eigenvalue weighted by molar-refractivity contribution is 5.96. The second-order valence-electron chi connectivity index (χ2n) is 5.04. The Morgan fingerprint density at radius 2 is 2.15 bits per heavy atom. The summed E-state index contributed by atoms with van der Waals surface area (Å²) in [5, 5.41) is 0. The van der Waals surface area contributed by atoms with Crippen LogP contribution in [0, 0.1) is 18.8 Å². The second kappa shape index (κ2) is 7.72. The topological polar surface area (TPSA) is 46.3 Å². The van der Waals surface area contributed by atoms with Crippen LogP contribution in [0.5, 0.6) is 0 Å². The Labute approximate surface area is 122 Å². The number of nitrogens with zero attached hydrogens (tertiary/aromatic N) is 1. The van der Waals surface area contributed by atoms with E-state index in [-0.39, 0.29) is 11.9 Å². The number of hydrogen-bond donors (Lipinski definition) is 1. The largest absolute Gasteiger partial charge is 0.339 e. The predicted molar refractivity (Wildman–Crippen MR) is 83.6 cm³/mol. The van der Waals surface area contributed by atoms with Gasteiger partial charge in [0, 0.05) is 24.2 Å². The lowest BCUT2D eigenvalue weighted by Gasteiger charge is -2.25. The van der Waals surface area contributed by atoms with Gasteiger partial charge in [-0.05, 0) is 38.0 Å². The summed E-state index contributed by atoms with van der Waals surface area (Å²) in [6.45, 7) is 6.47. The third kappa shape index (κ3) is 3.85. The molecule has 20 heavy (non-hydrogen) atoms. The van der Waals surface area contributed by atoms with Crippen molar-refractivity contribution in [1.29, 1.82) is 0 Å². The fourth-order valence-electron chi connectivity index (χ4n) is 2.15. The highest BCUT2D eigenvalue weighted by Crippen LogP contribution is 2.17. The summed E-state index contributed by atoms with van der Waals surface area (Å²) in [4.78, 5) is 14.4. The van der Waals surface area contributed by atoms with Crippen LogP contribution in [-0.4, -0.2) is 30.4 Å². The van der Waals surface area contributed by atoms with E-state index >= 15 is 0 Å². The molecule has 2 N–H and O–H groups in total. The first-order valence-electron chi connectivity index (χ1n) is 7.08. The van der Waals surface area contributed by atoms with Crippen molar-refractivity contribution in [3.63, 3.8) is 0 Å². The lowest BCUT2D eigenvalue weighted by Crippen LogP contribution is -2.35. The molecule has 0 spiro atoms. The third-order valence-electron chi connectivity index (χ3n) is 3.58. The van der Waals surface area contributed by atoms with E-state index in [1.54, 1.807) is 0 Å². The van der Waals surface area contributed by atoms with Crippen molar-refractivity contribution < 1.29 is 4.79 Å². The van der Waals surface area contributed by atoms with Crippen molar-refractivity contribution in [3.05, 3.63) is 34.9 Å². The standard InChI is InChI=1S/C17H24N2O/c1-5-8-13(2)19(4)17(20)16-11-6-9-15(14(16)3)10-7-12-18/h6,9,11,13H,5,8,12,18H2,1-4H3. The lowest BCUT2D eigenvalue weighted by atomic mass is 10.0. The van der Waals surface area contributed by atoms with Gasteiger partial charge in [0.25, 0.3) is 5.91 Å². The van der Waals surface area contributed by atoms with Crippen molar-refractivity contribution in [2.24, 2.45) is 5.73 Å². The lowest BCUT2D eigenvalue weighted by molar-refractivity contribution is 0.0736. The van der Waals surface area contributed by atoms with Crippen molar-refractivity contribution in [2.45, 2.75) is 39.7 Å². The van der Waals surface area contributed by atoms with Crippen LogP contribution in [-0.2, 0) is 0 Å². The minimum atomic E-state index is 0.0554. The number of amides is 1. The summed E-state index contributed by atoms with van der Waals surface area (Å²) in [6.07, 6.45) is 2.08. The molecule has 1 aromatic rings. The molecule has 3 nitrogen and oxygen atoms in total. The summed E-state index contributed by atoms with van der Waals surface area (Å²) < 4.78 is 0. The first kappa shape index (κ1) is 16.3. The maximum absolute atomic E-state index is 12.6. The van der Waals surface area contributed by atoms with Crippen LogP contribution in [0.25, 0.3) is 0 Å². The molecule has 0 fully saturated rings. The molecule has 0 aliphatic carbocycles. The van der Waals surface area contributed by atoms with E-state index in [1.165, 1.54) is 0 Å². The molecule has 0 aliphatic heterocycles. The van der Waals surface area contributed by atoms with Crippen LogP contribution in [0.2, 0.25) is 0 Å². The average molecular weight is 272 g/mol. The number of benzene rings is 1. The normalized spacial score (nSPS) is 11.4. The molecule has 0 radical (unpaired) electrons. The molecule has 1 atom stereocenters. The molecule has 1 aromatic carbocycles. The maximum atomic E-state index is 12.6. The Morgan fingerprint density at radius 3 is 2.75 bits per heavy atom. The minimum absolute atomic E-state index is 0.0554. The Hall–Kier alpha value is -1.79. The molecular formula is C17H24N2O. The molecule has 0 heterocycles. The number of carbonyl (C=O) groups excluding carboxylic acids is 1. The molecule has 0 bridgehead atoms. The van der Waals surface area contributed by atoms with E-state index in [0.29, 0.717) is 6.54 Å². The Bertz CT molecular complexity index is 526. The summed E-state index contributed by atoms with van der Waals surface area (Å²) >= 11 is 0. The molecule has 1 rings (SSSR count). The first-order chi connectivity index (χ1) is 9.52. The minimum Gasteiger partial charge on any atom is -0.339 e. The second-order valence-corrected chi connectivity index (χ2v) is 5.04. The van der Waals surface area contributed by atoms with Crippen molar-refractivity contribution in [3.8, 4) is 11.8 Å². The van der Waals surface area contributed by atoms with E-state index in [2.05, 4.69) is 25.7 Å². The Balaban J connectivity index is 3.05. The predicted octanol–water partition coefficient (Wildman–Crippen LogP) is 2.57. The van der Waals surface area contributed by atoms with Crippen LogP contribution in [0.15, 0.2) is 18.2 Å². The number of rotatable bonds is 4. The average Bonchev–Trinajstić information content (AvgIpc) is 2.45. The van der Waals surface area contributed by atoms with E-state index in [9.17, 15) is 4.79 Å². The summed E-state index contributed by atoms with van der Waals surface area (Å²) in [5.74, 6) is 5.91. The molecule has 3 heteroatoms. The number of nitrogens with two attached hydrogens (primary N) is 1. The van der Waals surface area contributed by atoms with Gasteiger partial charge in [-0.1, -0.05) is 31.3 Å². The monoisotopic (exact) mass is 272 g/mol. The highest BCUT2D eigenvalue weighted by atomic mass is 16.2. The van der Waals surface area contributed by atoms with Crippen molar-refractivity contribution in [1.82, 2.24) is 4.90 Å².